The lowest BCUT2D eigenvalue weighted by Gasteiger charge is -2.19. The highest BCUT2D eigenvalue weighted by Crippen LogP contribution is 2.52. The maximum Gasteiger partial charge on any atom is 0.0816 e. The van der Waals surface area contributed by atoms with Crippen molar-refractivity contribution in [1.29, 1.82) is 0 Å². The van der Waals surface area contributed by atoms with Crippen LogP contribution in [0.25, 0.3) is 133 Å². The summed E-state index contributed by atoms with van der Waals surface area (Å²) >= 11 is 0. The highest BCUT2D eigenvalue weighted by molar-refractivity contribution is 6.21. The lowest BCUT2D eigenvalue weighted by atomic mass is 9.85. The van der Waals surface area contributed by atoms with Crippen molar-refractivity contribution in [2.75, 3.05) is 0 Å². The molecular formula is C76H70N4. The van der Waals surface area contributed by atoms with Gasteiger partial charge in [0.05, 0.1) is 44.8 Å². The molecule has 3 aliphatic rings. The van der Waals surface area contributed by atoms with E-state index >= 15 is 0 Å². The van der Waals surface area contributed by atoms with Gasteiger partial charge in [0, 0.05) is 66.1 Å². The number of nitrogens with one attached hydrogen (secondary N) is 2. The van der Waals surface area contributed by atoms with Crippen LogP contribution in [0.1, 0.15) is 105 Å². The molecule has 2 aromatic heterocycles. The Bertz CT molecular complexity index is 3870. The van der Waals surface area contributed by atoms with Gasteiger partial charge in [0.2, 0.25) is 0 Å². The Morgan fingerprint density at radius 2 is 0.425 bits per heavy atom. The van der Waals surface area contributed by atoms with E-state index in [0.29, 0.717) is 0 Å². The number of benzene rings is 8. The summed E-state index contributed by atoms with van der Waals surface area (Å²) < 4.78 is 0. The zero-order valence-corrected chi connectivity index (χ0v) is 48.4. The molecule has 13 rings (SSSR count). The second-order valence-electron chi connectivity index (χ2n) is 26.4. The van der Waals surface area contributed by atoms with Gasteiger partial charge in [-0.05, 0) is 66.2 Å². The summed E-state index contributed by atoms with van der Waals surface area (Å²) in [6, 6.07) is 72.5. The predicted octanol–water partition coefficient (Wildman–Crippen LogP) is 21.1. The first kappa shape index (κ1) is 50.9. The smallest absolute Gasteiger partial charge is 0.0816 e. The highest BCUT2D eigenvalue weighted by atomic mass is 14.8. The summed E-state index contributed by atoms with van der Waals surface area (Å²) in [5.74, 6) is 0. The van der Waals surface area contributed by atoms with Crippen LogP contribution in [0, 0.1) is 0 Å². The molecule has 0 saturated carbocycles. The lowest BCUT2D eigenvalue weighted by Crippen LogP contribution is -2.10. The Morgan fingerprint density at radius 1 is 0.237 bits per heavy atom. The van der Waals surface area contributed by atoms with Crippen molar-refractivity contribution in [1.82, 2.24) is 19.9 Å². The van der Waals surface area contributed by atoms with Crippen molar-refractivity contribution in [3.63, 3.8) is 0 Å². The van der Waals surface area contributed by atoms with Gasteiger partial charge < -0.3 is 9.97 Å². The number of aromatic nitrogens is 4. The molecule has 2 aliphatic heterocycles. The molecule has 10 aromatic rings. The van der Waals surface area contributed by atoms with Gasteiger partial charge in [0.25, 0.3) is 0 Å². The van der Waals surface area contributed by atoms with Crippen LogP contribution >= 0.6 is 0 Å². The van der Waals surface area contributed by atoms with Gasteiger partial charge in [-0.3, -0.25) is 0 Å². The number of hydrogen-bond donors (Lipinski definition) is 2. The molecular weight excluding hydrogens is 969 g/mol. The SMILES string of the molecule is CC(C)(C)c1ccc(-c2c3nc(c(-c4ccc(C(C)(C)C)cc4)c4[nH]c(c(-c5ccc(C(C)(C)C)cc5)c5nc(c(-c6ccc(C(C)(C)C)cc6)c6[nH]c2c2ccccc62)-c2ccccc2-5)c2ccccc42)-c2ccccc2-3)cc1. The lowest BCUT2D eigenvalue weighted by molar-refractivity contribution is 0.590. The molecule has 4 heteroatoms. The van der Waals surface area contributed by atoms with Crippen LogP contribution in [-0.4, -0.2) is 19.9 Å². The molecule has 80 heavy (non-hydrogen) atoms. The molecule has 1 aliphatic carbocycles. The Kier molecular flexibility index (Phi) is 11.8. The first-order valence-electron chi connectivity index (χ1n) is 28.5. The van der Waals surface area contributed by atoms with Crippen LogP contribution in [0.2, 0.25) is 0 Å². The Morgan fingerprint density at radius 3 is 0.613 bits per heavy atom. The van der Waals surface area contributed by atoms with E-state index in [1.54, 1.807) is 0 Å². The number of hydrogen-bond acceptors (Lipinski definition) is 2. The van der Waals surface area contributed by atoms with Gasteiger partial charge in [-0.2, -0.15) is 0 Å². The van der Waals surface area contributed by atoms with E-state index in [9.17, 15) is 0 Å². The van der Waals surface area contributed by atoms with E-state index in [0.717, 1.165) is 133 Å². The first-order valence-corrected chi connectivity index (χ1v) is 28.5. The molecule has 0 unspecified atom stereocenters. The van der Waals surface area contributed by atoms with Crippen LogP contribution in [0.4, 0.5) is 0 Å². The third kappa shape index (κ3) is 8.50. The van der Waals surface area contributed by atoms with Gasteiger partial charge in [0.1, 0.15) is 0 Å². The molecule has 0 radical (unpaired) electrons. The molecule has 4 nitrogen and oxygen atoms in total. The third-order valence-corrected chi connectivity index (χ3v) is 16.9. The molecule has 0 fully saturated rings. The van der Waals surface area contributed by atoms with E-state index < -0.39 is 0 Å². The summed E-state index contributed by atoms with van der Waals surface area (Å²) in [5.41, 5.74) is 25.5. The summed E-state index contributed by atoms with van der Waals surface area (Å²) in [6.45, 7) is 27.4. The average Bonchev–Trinajstić information content (AvgIpc) is 4.26. The zero-order valence-electron chi connectivity index (χ0n) is 48.4. The minimum absolute atomic E-state index is 0.0355. The topological polar surface area (TPSA) is 57.4 Å². The van der Waals surface area contributed by atoms with Crippen molar-refractivity contribution in [2.24, 2.45) is 0 Å². The van der Waals surface area contributed by atoms with Crippen LogP contribution in [0.15, 0.2) is 194 Å². The summed E-state index contributed by atoms with van der Waals surface area (Å²) in [6.07, 6.45) is 0. The minimum Gasteiger partial charge on any atom is -0.353 e. The van der Waals surface area contributed by atoms with E-state index in [1.165, 1.54) is 22.3 Å². The van der Waals surface area contributed by atoms with Crippen LogP contribution < -0.4 is 0 Å². The number of rotatable bonds is 4. The van der Waals surface area contributed by atoms with Gasteiger partial charge in [-0.25, -0.2) is 9.97 Å². The molecule has 0 saturated heterocycles. The summed E-state index contributed by atoms with van der Waals surface area (Å²) in [5, 5.41) is 4.46. The Hall–Kier alpha value is -8.60. The quantitative estimate of drug-likeness (QED) is 0.185. The third-order valence-electron chi connectivity index (χ3n) is 16.9. The standard InChI is InChI=1S/C76H70N4/c1-73(2,3)49-37-29-45(30-38-49)61-65-53-21-13-15-23-55(53)67(77-65)62(46-31-39-50(40-32-46)74(4,5)6)69-57-25-17-19-27-59(57)71(79-69)64(48-35-43-52(44-36-48)76(10,11)12)72-60-28-20-18-26-58(60)70(80-72)63(47-33-41-51(42-34-47)75(7,8)9)68-56-24-16-14-22-54(56)66(61)78-68/h13-44,77,80H,1-12H3. The summed E-state index contributed by atoms with van der Waals surface area (Å²) in [4.78, 5) is 20.7. The van der Waals surface area contributed by atoms with E-state index in [1.807, 2.05) is 0 Å². The fourth-order valence-corrected chi connectivity index (χ4v) is 12.3. The van der Waals surface area contributed by atoms with E-state index in [-0.39, 0.29) is 21.7 Å². The highest BCUT2D eigenvalue weighted by Gasteiger charge is 2.31. The van der Waals surface area contributed by atoms with Crippen molar-refractivity contribution >= 4 is 43.6 Å². The number of H-pyrrole nitrogens is 2. The average molecular weight is 1040 g/mol. The molecule has 0 atom stereocenters. The first-order chi connectivity index (χ1) is 38.2. The molecule has 8 bridgehead atoms. The van der Waals surface area contributed by atoms with Crippen molar-refractivity contribution in [3.05, 3.63) is 216 Å². The van der Waals surface area contributed by atoms with Crippen molar-refractivity contribution in [2.45, 2.75) is 105 Å². The van der Waals surface area contributed by atoms with Gasteiger partial charge in [0.15, 0.2) is 0 Å². The molecule has 2 N–H and O–H groups in total. The fraction of sp³-hybridized carbons (Fsp3) is 0.211. The van der Waals surface area contributed by atoms with E-state index in [4.69, 9.17) is 9.97 Å². The van der Waals surface area contributed by atoms with Crippen LogP contribution in [0.5, 0.6) is 0 Å². The molecule has 4 heterocycles. The zero-order chi connectivity index (χ0) is 55.6. The van der Waals surface area contributed by atoms with Gasteiger partial charge >= 0.3 is 0 Å². The predicted molar refractivity (Wildman–Crippen MR) is 341 cm³/mol. The monoisotopic (exact) mass is 1040 g/mol. The molecule has 8 aromatic carbocycles. The summed E-state index contributed by atoms with van der Waals surface area (Å²) in [7, 11) is 0. The van der Waals surface area contributed by atoms with E-state index in [2.05, 4.69) is 287 Å². The molecule has 394 valence electrons. The number of aromatic amines is 2. The van der Waals surface area contributed by atoms with Crippen LogP contribution in [0.3, 0.4) is 0 Å². The van der Waals surface area contributed by atoms with Gasteiger partial charge in [-0.15, -0.1) is 0 Å². The Labute approximate surface area is 471 Å². The minimum atomic E-state index is -0.0355. The second-order valence-corrected chi connectivity index (χ2v) is 26.4. The number of nitrogens with zero attached hydrogens (tertiary/aromatic N) is 2. The maximum absolute atomic E-state index is 6.09. The van der Waals surface area contributed by atoms with Crippen LogP contribution in [-0.2, 0) is 21.7 Å². The van der Waals surface area contributed by atoms with Gasteiger partial charge in [-0.1, -0.05) is 277 Å². The maximum atomic E-state index is 6.09. The molecule has 0 amide bonds. The Balaban J connectivity index is 1.33. The van der Waals surface area contributed by atoms with Crippen molar-refractivity contribution < 1.29 is 0 Å². The fourth-order valence-electron chi connectivity index (χ4n) is 12.3. The largest absolute Gasteiger partial charge is 0.353 e. The second kappa shape index (κ2) is 18.5. The normalized spacial score (nSPS) is 12.8. The van der Waals surface area contributed by atoms with Crippen molar-refractivity contribution in [3.8, 4) is 89.5 Å². The molecule has 0 spiro atoms.